The van der Waals surface area contributed by atoms with Gasteiger partial charge in [-0.15, -0.1) is 0 Å². The second-order valence-corrected chi connectivity index (χ2v) is 14.6. The molecule has 2 aliphatic rings. The van der Waals surface area contributed by atoms with Crippen LogP contribution in [-0.4, -0.2) is 25.6 Å². The molecule has 10 aromatic rings. The van der Waals surface area contributed by atoms with Crippen molar-refractivity contribution in [3.05, 3.63) is 193 Å². The number of ether oxygens (including phenoxy) is 1. The third kappa shape index (κ3) is 4.87. The fraction of sp³-hybridized carbons (Fsp3) is 0.0392. The monoisotopic (exact) mass is 732 g/mol. The molecule has 0 radical (unpaired) electrons. The first-order chi connectivity index (χ1) is 28.3. The van der Waals surface area contributed by atoms with E-state index < -0.39 is 0 Å². The highest BCUT2D eigenvalue weighted by atomic mass is 16.5. The highest BCUT2D eigenvalue weighted by Gasteiger charge is 2.40. The van der Waals surface area contributed by atoms with Crippen LogP contribution in [0.1, 0.15) is 17.3 Å². The number of para-hydroxylation sites is 5. The van der Waals surface area contributed by atoms with Crippen molar-refractivity contribution in [3.8, 4) is 45.3 Å². The van der Waals surface area contributed by atoms with Crippen LogP contribution in [0.25, 0.3) is 88.9 Å². The second kappa shape index (κ2) is 12.5. The van der Waals surface area contributed by atoms with E-state index in [9.17, 15) is 0 Å². The Bertz CT molecular complexity index is 3290. The zero-order valence-electron chi connectivity index (χ0n) is 30.6. The smallest absolute Gasteiger partial charge is 0.167 e. The molecule has 6 nitrogen and oxygen atoms in total. The van der Waals surface area contributed by atoms with Crippen LogP contribution in [0.4, 0.5) is 0 Å². The molecule has 2 atom stereocenters. The Morgan fingerprint density at radius 3 is 2.05 bits per heavy atom. The van der Waals surface area contributed by atoms with E-state index in [1.54, 1.807) is 0 Å². The van der Waals surface area contributed by atoms with Crippen molar-refractivity contribution in [2.45, 2.75) is 12.0 Å². The lowest BCUT2D eigenvalue weighted by atomic mass is 9.83. The van der Waals surface area contributed by atoms with E-state index in [2.05, 4.69) is 126 Å². The molecule has 57 heavy (non-hydrogen) atoms. The molecule has 1 aliphatic heterocycles. The fourth-order valence-corrected chi connectivity index (χ4v) is 8.96. The van der Waals surface area contributed by atoms with Gasteiger partial charge in [0.15, 0.2) is 17.5 Å². The van der Waals surface area contributed by atoms with Gasteiger partial charge in [-0.3, -0.25) is 0 Å². The maximum Gasteiger partial charge on any atom is 0.167 e. The van der Waals surface area contributed by atoms with Gasteiger partial charge < -0.3 is 13.7 Å². The van der Waals surface area contributed by atoms with Crippen molar-refractivity contribution in [3.63, 3.8) is 0 Å². The van der Waals surface area contributed by atoms with Crippen LogP contribution in [0.3, 0.4) is 0 Å². The SMILES string of the molecule is C1=CC2c3c(cccc3-c3cccc4c5ccccc5n(-c5ccccc5)c34)OC2C(c2nc(-c3ccccc3)nc(-c3cccc4c3oc3ccccc34)n2)=C1. The third-order valence-corrected chi connectivity index (χ3v) is 11.5. The van der Waals surface area contributed by atoms with Crippen LogP contribution in [0.15, 0.2) is 186 Å². The van der Waals surface area contributed by atoms with E-state index in [0.29, 0.717) is 17.5 Å². The number of benzene rings is 7. The van der Waals surface area contributed by atoms with Crippen molar-refractivity contribution in [1.82, 2.24) is 19.5 Å². The van der Waals surface area contributed by atoms with E-state index in [1.165, 1.54) is 21.8 Å². The van der Waals surface area contributed by atoms with Crippen molar-refractivity contribution >= 4 is 49.3 Å². The lowest BCUT2D eigenvalue weighted by Crippen LogP contribution is -2.23. The first kappa shape index (κ1) is 31.7. The van der Waals surface area contributed by atoms with Crippen molar-refractivity contribution in [2.75, 3.05) is 0 Å². The van der Waals surface area contributed by atoms with Crippen LogP contribution in [0.2, 0.25) is 0 Å². The minimum Gasteiger partial charge on any atom is -0.484 e. The quantitative estimate of drug-likeness (QED) is 0.176. The number of allylic oxidation sites excluding steroid dienone is 2. The Morgan fingerprint density at radius 2 is 1.18 bits per heavy atom. The molecule has 268 valence electrons. The van der Waals surface area contributed by atoms with E-state index in [4.69, 9.17) is 24.1 Å². The summed E-state index contributed by atoms with van der Waals surface area (Å²) in [6, 6.07) is 56.7. The van der Waals surface area contributed by atoms with Crippen LogP contribution in [0, 0.1) is 0 Å². The molecule has 0 amide bonds. The molecule has 3 aromatic heterocycles. The van der Waals surface area contributed by atoms with Crippen molar-refractivity contribution in [2.24, 2.45) is 0 Å². The predicted octanol–water partition coefficient (Wildman–Crippen LogP) is 12.4. The van der Waals surface area contributed by atoms with Gasteiger partial charge in [0.1, 0.15) is 23.0 Å². The zero-order valence-corrected chi connectivity index (χ0v) is 30.6. The molecule has 6 heteroatoms. The van der Waals surface area contributed by atoms with Gasteiger partial charge in [0.2, 0.25) is 0 Å². The summed E-state index contributed by atoms with van der Waals surface area (Å²) in [5.41, 5.74) is 11.1. The van der Waals surface area contributed by atoms with E-state index >= 15 is 0 Å². The van der Waals surface area contributed by atoms with Crippen LogP contribution < -0.4 is 4.74 Å². The van der Waals surface area contributed by atoms with Gasteiger partial charge >= 0.3 is 0 Å². The van der Waals surface area contributed by atoms with Crippen LogP contribution in [0.5, 0.6) is 5.75 Å². The predicted molar refractivity (Wildman–Crippen MR) is 228 cm³/mol. The maximum atomic E-state index is 6.98. The molecule has 4 heterocycles. The lowest BCUT2D eigenvalue weighted by molar-refractivity contribution is 0.277. The Hall–Kier alpha value is -7.57. The standard InChI is InChI=1S/C51H32N4O2/c1-3-15-31(16-4-1)49-52-50(40-26-12-24-38-34-20-8-10-29-43(34)56-47(38)40)54-51(53-49)41-27-13-25-39-45-35(21-14-30-44(45)57-48(39)41)37-23-11-22-36-33-19-7-9-28-42(33)55(46(36)37)32-17-5-2-6-18-32/h1-30,39,48H. The number of hydrogen-bond acceptors (Lipinski definition) is 5. The summed E-state index contributed by atoms with van der Waals surface area (Å²) >= 11 is 0. The molecule has 0 saturated heterocycles. The summed E-state index contributed by atoms with van der Waals surface area (Å²) < 4.78 is 15.8. The second-order valence-electron chi connectivity index (χ2n) is 14.6. The zero-order chi connectivity index (χ0) is 37.5. The van der Waals surface area contributed by atoms with Crippen molar-refractivity contribution in [1.29, 1.82) is 0 Å². The van der Waals surface area contributed by atoms with Gasteiger partial charge in [0, 0.05) is 55.4 Å². The number of fused-ring (bicyclic) bond motifs is 9. The summed E-state index contributed by atoms with van der Waals surface area (Å²) in [6.45, 7) is 0. The summed E-state index contributed by atoms with van der Waals surface area (Å²) in [7, 11) is 0. The Labute approximate surface area is 327 Å². The first-order valence-electron chi connectivity index (χ1n) is 19.3. The van der Waals surface area contributed by atoms with Crippen LogP contribution in [-0.2, 0) is 0 Å². The van der Waals surface area contributed by atoms with E-state index in [0.717, 1.165) is 66.8 Å². The van der Waals surface area contributed by atoms with Gasteiger partial charge in [-0.1, -0.05) is 146 Å². The lowest BCUT2D eigenvalue weighted by Gasteiger charge is -2.23. The van der Waals surface area contributed by atoms with Crippen LogP contribution >= 0.6 is 0 Å². The molecule has 2 unspecified atom stereocenters. The van der Waals surface area contributed by atoms with E-state index in [1.807, 2.05) is 60.7 Å². The molecule has 7 aromatic carbocycles. The number of aromatic nitrogens is 4. The van der Waals surface area contributed by atoms with E-state index in [-0.39, 0.29) is 12.0 Å². The number of rotatable bonds is 5. The molecule has 0 fully saturated rings. The molecular weight excluding hydrogens is 701 g/mol. The molecule has 1 aliphatic carbocycles. The van der Waals surface area contributed by atoms with Gasteiger partial charge in [-0.2, -0.15) is 0 Å². The molecular formula is C51H32N4O2. The number of furan rings is 1. The average Bonchev–Trinajstić information content (AvgIpc) is 3.97. The average molecular weight is 733 g/mol. The van der Waals surface area contributed by atoms with Gasteiger partial charge in [-0.25, -0.2) is 15.0 Å². The molecule has 0 spiro atoms. The fourth-order valence-electron chi connectivity index (χ4n) is 8.96. The van der Waals surface area contributed by atoms with Crippen molar-refractivity contribution < 1.29 is 9.15 Å². The van der Waals surface area contributed by atoms with Gasteiger partial charge in [-0.05, 0) is 42.0 Å². The normalized spacial score (nSPS) is 15.9. The summed E-state index contributed by atoms with van der Waals surface area (Å²) in [6.07, 6.45) is 6.13. The van der Waals surface area contributed by atoms with Gasteiger partial charge in [0.05, 0.1) is 16.6 Å². The largest absolute Gasteiger partial charge is 0.484 e. The molecule has 0 N–H and O–H groups in total. The third-order valence-electron chi connectivity index (χ3n) is 11.5. The highest BCUT2D eigenvalue weighted by Crippen LogP contribution is 2.51. The molecule has 12 rings (SSSR count). The summed E-state index contributed by atoms with van der Waals surface area (Å²) in [5.74, 6) is 2.51. The molecule has 0 saturated carbocycles. The maximum absolute atomic E-state index is 6.98. The minimum absolute atomic E-state index is 0.0693. The minimum atomic E-state index is -0.341. The number of nitrogens with zero attached hydrogens (tertiary/aromatic N) is 4. The van der Waals surface area contributed by atoms with Gasteiger partial charge in [0.25, 0.3) is 0 Å². The highest BCUT2D eigenvalue weighted by molar-refractivity contribution is 6.14. The number of hydrogen-bond donors (Lipinski definition) is 0. The Balaban J connectivity index is 1.02. The Morgan fingerprint density at radius 1 is 0.509 bits per heavy atom. The summed E-state index contributed by atoms with van der Waals surface area (Å²) in [5, 5.41) is 4.52. The Kier molecular flexibility index (Phi) is 6.95. The first-order valence-corrected chi connectivity index (χ1v) is 19.3. The molecule has 0 bridgehead atoms. The summed E-state index contributed by atoms with van der Waals surface area (Å²) in [4.78, 5) is 15.4. The topological polar surface area (TPSA) is 66.0 Å².